The molecule has 0 atom stereocenters. The van der Waals surface area contributed by atoms with Crippen LogP contribution in [0, 0.1) is 0 Å². The van der Waals surface area contributed by atoms with Crippen molar-refractivity contribution in [2.24, 2.45) is 0 Å². The molecule has 24 heavy (non-hydrogen) atoms. The second-order valence-corrected chi connectivity index (χ2v) is 7.49. The standard InChI is InChI=1S/C18H28N4O2/c1-18(2,3)24-17(23)22-13-11-21(12-14-22)16-15(7-6-8-19-16)20-9-4-5-10-20/h6-8H,4-5,9-14H2,1-3H3. The van der Waals surface area contributed by atoms with Gasteiger partial charge in [-0.15, -0.1) is 0 Å². The van der Waals surface area contributed by atoms with Crippen molar-refractivity contribution in [3.8, 4) is 0 Å². The molecule has 0 bridgehead atoms. The van der Waals surface area contributed by atoms with E-state index in [1.54, 1.807) is 4.90 Å². The average Bonchev–Trinajstić information content (AvgIpc) is 3.08. The molecule has 132 valence electrons. The first-order valence-electron chi connectivity index (χ1n) is 8.87. The molecule has 0 spiro atoms. The van der Waals surface area contributed by atoms with Crippen LogP contribution in [0.5, 0.6) is 0 Å². The summed E-state index contributed by atoms with van der Waals surface area (Å²) >= 11 is 0. The monoisotopic (exact) mass is 332 g/mol. The van der Waals surface area contributed by atoms with E-state index in [4.69, 9.17) is 4.74 Å². The molecule has 0 aromatic carbocycles. The predicted octanol–water partition coefficient (Wildman–Crippen LogP) is 2.74. The van der Waals surface area contributed by atoms with Crippen LogP contribution in [0.15, 0.2) is 18.3 Å². The van der Waals surface area contributed by atoms with Gasteiger partial charge in [-0.05, 0) is 45.7 Å². The molecule has 6 heteroatoms. The van der Waals surface area contributed by atoms with Gasteiger partial charge in [0.25, 0.3) is 0 Å². The van der Waals surface area contributed by atoms with Crippen LogP contribution in [0.4, 0.5) is 16.3 Å². The SMILES string of the molecule is CC(C)(C)OC(=O)N1CCN(c2ncccc2N2CCCC2)CC1. The van der Waals surface area contributed by atoms with E-state index >= 15 is 0 Å². The number of nitrogens with zero attached hydrogens (tertiary/aromatic N) is 4. The number of aromatic nitrogens is 1. The van der Waals surface area contributed by atoms with Crippen molar-refractivity contribution in [1.82, 2.24) is 9.88 Å². The Labute approximate surface area is 144 Å². The quantitative estimate of drug-likeness (QED) is 0.833. The summed E-state index contributed by atoms with van der Waals surface area (Å²) in [5.41, 5.74) is 0.777. The van der Waals surface area contributed by atoms with E-state index in [0.29, 0.717) is 13.1 Å². The number of amides is 1. The van der Waals surface area contributed by atoms with E-state index in [-0.39, 0.29) is 6.09 Å². The zero-order chi connectivity index (χ0) is 17.2. The van der Waals surface area contributed by atoms with Crippen molar-refractivity contribution in [3.05, 3.63) is 18.3 Å². The van der Waals surface area contributed by atoms with Crippen molar-refractivity contribution < 1.29 is 9.53 Å². The van der Waals surface area contributed by atoms with Crippen LogP contribution >= 0.6 is 0 Å². The fourth-order valence-electron chi connectivity index (χ4n) is 3.26. The summed E-state index contributed by atoms with van der Waals surface area (Å²) in [6.45, 7) is 10.8. The smallest absolute Gasteiger partial charge is 0.410 e. The van der Waals surface area contributed by atoms with Gasteiger partial charge in [0.15, 0.2) is 5.82 Å². The molecule has 0 unspecified atom stereocenters. The lowest BCUT2D eigenvalue weighted by atomic mass is 10.2. The molecular weight excluding hydrogens is 304 g/mol. The van der Waals surface area contributed by atoms with Gasteiger partial charge in [-0.1, -0.05) is 0 Å². The summed E-state index contributed by atoms with van der Waals surface area (Å²) in [5, 5.41) is 0. The van der Waals surface area contributed by atoms with Gasteiger partial charge in [0.05, 0.1) is 5.69 Å². The number of rotatable bonds is 2. The lowest BCUT2D eigenvalue weighted by Crippen LogP contribution is -2.50. The number of pyridine rings is 1. The van der Waals surface area contributed by atoms with Crippen LogP contribution in [0.25, 0.3) is 0 Å². The van der Waals surface area contributed by atoms with E-state index in [1.807, 2.05) is 33.0 Å². The Kier molecular flexibility index (Phi) is 4.83. The molecule has 2 saturated heterocycles. The molecule has 0 radical (unpaired) electrons. The summed E-state index contributed by atoms with van der Waals surface area (Å²) in [5.74, 6) is 1.04. The Hall–Kier alpha value is -1.98. The van der Waals surface area contributed by atoms with Crippen molar-refractivity contribution in [2.45, 2.75) is 39.2 Å². The number of hydrogen-bond donors (Lipinski definition) is 0. The molecule has 3 heterocycles. The Bertz CT molecular complexity index is 571. The fraction of sp³-hybridized carbons (Fsp3) is 0.667. The number of anilines is 2. The first-order valence-corrected chi connectivity index (χ1v) is 8.87. The van der Waals surface area contributed by atoms with Gasteiger partial charge in [0, 0.05) is 45.5 Å². The average molecular weight is 332 g/mol. The van der Waals surface area contributed by atoms with Crippen LogP contribution in [0.1, 0.15) is 33.6 Å². The van der Waals surface area contributed by atoms with E-state index in [9.17, 15) is 4.79 Å². The number of carbonyl (C=O) groups excluding carboxylic acids is 1. The predicted molar refractivity (Wildman–Crippen MR) is 95.7 cm³/mol. The van der Waals surface area contributed by atoms with E-state index < -0.39 is 5.60 Å². The Balaban J connectivity index is 1.64. The minimum absolute atomic E-state index is 0.220. The van der Waals surface area contributed by atoms with Gasteiger partial charge in [-0.2, -0.15) is 0 Å². The van der Waals surface area contributed by atoms with Crippen LogP contribution in [0.2, 0.25) is 0 Å². The summed E-state index contributed by atoms with van der Waals surface area (Å²) < 4.78 is 5.47. The number of piperazine rings is 1. The zero-order valence-corrected chi connectivity index (χ0v) is 15.0. The Morgan fingerprint density at radius 2 is 1.71 bits per heavy atom. The highest BCUT2D eigenvalue weighted by Gasteiger charge is 2.28. The number of ether oxygens (including phenoxy) is 1. The van der Waals surface area contributed by atoms with E-state index in [0.717, 1.165) is 32.0 Å². The molecule has 1 aromatic heterocycles. The third kappa shape index (κ3) is 3.91. The third-order valence-corrected chi connectivity index (χ3v) is 4.44. The Morgan fingerprint density at radius 3 is 2.33 bits per heavy atom. The lowest BCUT2D eigenvalue weighted by molar-refractivity contribution is 0.0240. The second-order valence-electron chi connectivity index (χ2n) is 7.49. The maximum atomic E-state index is 12.2. The summed E-state index contributed by atoms with van der Waals surface area (Å²) in [6.07, 6.45) is 4.14. The summed E-state index contributed by atoms with van der Waals surface area (Å²) in [6, 6.07) is 4.17. The number of carbonyl (C=O) groups is 1. The maximum Gasteiger partial charge on any atom is 0.410 e. The van der Waals surface area contributed by atoms with Crippen molar-refractivity contribution in [3.63, 3.8) is 0 Å². The minimum Gasteiger partial charge on any atom is -0.444 e. The van der Waals surface area contributed by atoms with Gasteiger partial charge >= 0.3 is 6.09 Å². The highest BCUT2D eigenvalue weighted by molar-refractivity contribution is 5.70. The highest BCUT2D eigenvalue weighted by Crippen LogP contribution is 2.30. The molecule has 0 N–H and O–H groups in total. The topological polar surface area (TPSA) is 48.9 Å². The van der Waals surface area contributed by atoms with Crippen molar-refractivity contribution >= 4 is 17.6 Å². The largest absolute Gasteiger partial charge is 0.444 e. The molecule has 1 aromatic rings. The van der Waals surface area contributed by atoms with E-state index in [1.165, 1.54) is 18.5 Å². The molecule has 3 rings (SSSR count). The molecule has 0 saturated carbocycles. The summed E-state index contributed by atoms with van der Waals surface area (Å²) in [7, 11) is 0. The maximum absolute atomic E-state index is 12.2. The van der Waals surface area contributed by atoms with Gasteiger partial charge < -0.3 is 19.4 Å². The lowest BCUT2D eigenvalue weighted by Gasteiger charge is -2.37. The molecule has 2 fully saturated rings. The van der Waals surface area contributed by atoms with Gasteiger partial charge in [-0.25, -0.2) is 9.78 Å². The first kappa shape index (κ1) is 16.9. The number of hydrogen-bond acceptors (Lipinski definition) is 5. The highest BCUT2D eigenvalue weighted by atomic mass is 16.6. The van der Waals surface area contributed by atoms with Gasteiger partial charge in [0.2, 0.25) is 0 Å². The summed E-state index contributed by atoms with van der Waals surface area (Å²) in [4.78, 5) is 23.3. The molecular formula is C18H28N4O2. The second kappa shape index (κ2) is 6.87. The van der Waals surface area contributed by atoms with Gasteiger partial charge in [0.1, 0.15) is 5.60 Å². The van der Waals surface area contributed by atoms with Gasteiger partial charge in [-0.3, -0.25) is 0 Å². The van der Waals surface area contributed by atoms with Crippen LogP contribution in [-0.2, 0) is 4.74 Å². The normalized spacial score (nSPS) is 18.9. The molecule has 2 aliphatic heterocycles. The van der Waals surface area contributed by atoms with Crippen molar-refractivity contribution in [2.75, 3.05) is 49.1 Å². The zero-order valence-electron chi connectivity index (χ0n) is 15.0. The molecule has 1 amide bonds. The van der Waals surface area contributed by atoms with E-state index in [2.05, 4.69) is 20.9 Å². The molecule has 2 aliphatic rings. The van der Waals surface area contributed by atoms with Crippen LogP contribution < -0.4 is 9.80 Å². The van der Waals surface area contributed by atoms with Crippen molar-refractivity contribution in [1.29, 1.82) is 0 Å². The van der Waals surface area contributed by atoms with Crippen LogP contribution in [0.3, 0.4) is 0 Å². The minimum atomic E-state index is -0.446. The molecule has 6 nitrogen and oxygen atoms in total. The van der Waals surface area contributed by atoms with Crippen LogP contribution in [-0.4, -0.2) is 60.8 Å². The third-order valence-electron chi connectivity index (χ3n) is 4.44. The Morgan fingerprint density at radius 1 is 1.04 bits per heavy atom. The first-order chi connectivity index (χ1) is 11.4. The molecule has 0 aliphatic carbocycles. The fourth-order valence-corrected chi connectivity index (χ4v) is 3.26.